The van der Waals surface area contributed by atoms with Crippen molar-refractivity contribution in [2.45, 2.75) is 123 Å². The lowest BCUT2D eigenvalue weighted by atomic mass is 9.43. The second kappa shape index (κ2) is 8.50. The van der Waals surface area contributed by atoms with Crippen LogP contribution in [0.5, 0.6) is 0 Å². The summed E-state index contributed by atoms with van der Waals surface area (Å²) >= 11 is 0. The van der Waals surface area contributed by atoms with Crippen LogP contribution in [-0.4, -0.2) is 27.6 Å². The lowest BCUT2D eigenvalue weighted by molar-refractivity contribution is -0.290. The molecule has 0 saturated heterocycles. The predicted octanol–water partition coefficient (Wildman–Crippen LogP) is 7.68. The van der Waals surface area contributed by atoms with E-state index in [-0.39, 0.29) is 22.7 Å². The fraction of sp³-hybridized carbons (Fsp3) is 0.931. The predicted molar refractivity (Wildman–Crippen MR) is 130 cm³/mol. The number of halogens is 3. The van der Waals surface area contributed by atoms with Gasteiger partial charge in [-0.1, -0.05) is 46.1 Å². The Balaban J connectivity index is 1.66. The van der Waals surface area contributed by atoms with Crippen molar-refractivity contribution in [2.75, 3.05) is 0 Å². The van der Waals surface area contributed by atoms with Crippen molar-refractivity contribution >= 4 is 0 Å². The molecule has 0 aromatic rings. The molecule has 34 heavy (non-hydrogen) atoms. The lowest BCUT2D eigenvalue weighted by Gasteiger charge is -2.62. The Morgan fingerprint density at radius 1 is 1.06 bits per heavy atom. The number of allylic oxidation sites excluding steroid dienone is 1. The molecule has 0 bridgehead atoms. The summed E-state index contributed by atoms with van der Waals surface area (Å²) in [4.78, 5) is 0. The molecule has 0 radical (unpaired) electrons. The quantitative estimate of drug-likeness (QED) is 0.393. The minimum Gasteiger partial charge on any atom is -0.390 e. The van der Waals surface area contributed by atoms with E-state index in [1.54, 1.807) is 0 Å². The molecule has 9 atom stereocenters. The maximum atomic E-state index is 14.7. The molecule has 4 unspecified atom stereocenters. The Morgan fingerprint density at radius 3 is 2.35 bits per heavy atom. The summed E-state index contributed by atoms with van der Waals surface area (Å²) in [5.74, 6) is 0.211. The summed E-state index contributed by atoms with van der Waals surface area (Å²) in [6, 6.07) is 0. The van der Waals surface area contributed by atoms with Gasteiger partial charge >= 0.3 is 6.18 Å². The molecule has 4 aliphatic rings. The molecular formula is C29H47F3O2. The number of rotatable bonds is 5. The molecule has 0 amide bonds. The maximum absolute atomic E-state index is 14.7. The van der Waals surface area contributed by atoms with Crippen molar-refractivity contribution in [1.29, 1.82) is 0 Å². The number of fused-ring (bicyclic) bond motifs is 5. The van der Waals surface area contributed by atoms with Crippen molar-refractivity contribution < 1.29 is 23.4 Å². The van der Waals surface area contributed by atoms with Crippen molar-refractivity contribution in [3.63, 3.8) is 0 Å². The zero-order valence-corrected chi connectivity index (χ0v) is 22.1. The van der Waals surface area contributed by atoms with Gasteiger partial charge in [-0.15, -0.1) is 0 Å². The van der Waals surface area contributed by atoms with Crippen LogP contribution >= 0.6 is 0 Å². The molecule has 0 aromatic heterocycles. The standard InChI is InChI=1S/C29H47F3O2/c1-18-11-14-26(5)20(16-18)17-28(34,29(30,31)32)24-22-10-9-21(27(22,6)15-12-23(24)26)19(2)8-7-13-25(3,4)33/h17-19,21-24,33-34H,7-16H2,1-6H3/t18-,19+,21?,22?,23?,24?,26-,27+,28+/m0/s1. The molecule has 2 N–H and O–H groups in total. The molecule has 4 rings (SSSR count). The molecule has 3 fully saturated rings. The highest BCUT2D eigenvalue weighted by atomic mass is 19.4. The zero-order chi connectivity index (χ0) is 25.3. The number of hydrogen-bond acceptors (Lipinski definition) is 2. The number of alkyl halides is 3. The van der Waals surface area contributed by atoms with Crippen LogP contribution in [-0.2, 0) is 0 Å². The van der Waals surface area contributed by atoms with E-state index in [2.05, 4.69) is 27.7 Å². The van der Waals surface area contributed by atoms with Gasteiger partial charge in [0.15, 0.2) is 5.60 Å². The van der Waals surface area contributed by atoms with Crippen molar-refractivity contribution in [3.05, 3.63) is 11.6 Å². The molecule has 196 valence electrons. The Labute approximate surface area is 204 Å². The molecule has 0 aliphatic heterocycles. The topological polar surface area (TPSA) is 40.5 Å². The highest BCUT2D eigenvalue weighted by molar-refractivity contribution is 5.32. The highest BCUT2D eigenvalue weighted by Gasteiger charge is 2.70. The van der Waals surface area contributed by atoms with E-state index in [1.165, 1.54) is 6.08 Å². The fourth-order valence-corrected chi connectivity index (χ4v) is 9.20. The van der Waals surface area contributed by atoms with E-state index in [1.807, 2.05) is 13.8 Å². The third-order valence-corrected chi connectivity index (χ3v) is 11.1. The monoisotopic (exact) mass is 484 g/mol. The third kappa shape index (κ3) is 4.19. The first kappa shape index (κ1) is 26.5. The van der Waals surface area contributed by atoms with E-state index < -0.39 is 23.3 Å². The molecule has 5 heteroatoms. The Bertz CT molecular complexity index is 798. The van der Waals surface area contributed by atoms with Gasteiger partial charge in [-0.05, 0) is 112 Å². The van der Waals surface area contributed by atoms with E-state index >= 15 is 0 Å². The van der Waals surface area contributed by atoms with Gasteiger partial charge in [0.1, 0.15) is 0 Å². The minimum absolute atomic E-state index is 0.103. The average Bonchev–Trinajstić information content (AvgIpc) is 3.04. The SMILES string of the molecule is C[C@H]1CC[C@@]2(C)C(=C[C@](O)(C(F)(F)F)C3C4CCC([C@H](C)CCCC(C)(C)O)[C@@]4(C)CCC32)C1. The summed E-state index contributed by atoms with van der Waals surface area (Å²) in [6.45, 7) is 12.5. The van der Waals surface area contributed by atoms with Gasteiger partial charge in [0, 0.05) is 5.92 Å². The van der Waals surface area contributed by atoms with Crippen LogP contribution in [0.3, 0.4) is 0 Å². The molecule has 0 aromatic carbocycles. The van der Waals surface area contributed by atoms with Gasteiger partial charge in [0.05, 0.1) is 5.60 Å². The van der Waals surface area contributed by atoms with Gasteiger partial charge in [-0.3, -0.25) is 0 Å². The van der Waals surface area contributed by atoms with E-state index in [4.69, 9.17) is 0 Å². The van der Waals surface area contributed by atoms with Crippen LogP contribution in [0.1, 0.15) is 106 Å². The first-order valence-electron chi connectivity index (χ1n) is 13.8. The summed E-state index contributed by atoms with van der Waals surface area (Å²) < 4.78 is 44.0. The van der Waals surface area contributed by atoms with E-state index in [0.29, 0.717) is 24.2 Å². The Kier molecular flexibility index (Phi) is 6.63. The number of hydrogen-bond donors (Lipinski definition) is 2. The first-order valence-corrected chi connectivity index (χ1v) is 13.8. The fourth-order valence-electron chi connectivity index (χ4n) is 9.20. The van der Waals surface area contributed by atoms with Gasteiger partial charge in [-0.2, -0.15) is 13.2 Å². The summed E-state index contributed by atoms with van der Waals surface area (Å²) in [5, 5.41) is 21.6. The lowest BCUT2D eigenvalue weighted by Crippen LogP contribution is -2.64. The van der Waals surface area contributed by atoms with Crippen LogP contribution in [0, 0.1) is 46.3 Å². The Hall–Kier alpha value is -0.550. The third-order valence-electron chi connectivity index (χ3n) is 11.1. The highest BCUT2D eigenvalue weighted by Crippen LogP contribution is 2.70. The summed E-state index contributed by atoms with van der Waals surface area (Å²) in [7, 11) is 0. The van der Waals surface area contributed by atoms with Gasteiger partial charge in [-0.25, -0.2) is 0 Å². The van der Waals surface area contributed by atoms with Crippen molar-refractivity contribution in [3.8, 4) is 0 Å². The van der Waals surface area contributed by atoms with Gasteiger partial charge < -0.3 is 10.2 Å². The Morgan fingerprint density at radius 2 is 1.74 bits per heavy atom. The molecule has 4 aliphatic carbocycles. The zero-order valence-electron chi connectivity index (χ0n) is 22.1. The molecule has 3 saturated carbocycles. The molecular weight excluding hydrogens is 437 g/mol. The molecule has 0 spiro atoms. The first-order chi connectivity index (χ1) is 15.5. The second-order valence-electron chi connectivity index (χ2n) is 13.9. The molecule has 0 heterocycles. The van der Waals surface area contributed by atoms with Crippen molar-refractivity contribution in [1.82, 2.24) is 0 Å². The van der Waals surface area contributed by atoms with Crippen LogP contribution in [0.4, 0.5) is 13.2 Å². The van der Waals surface area contributed by atoms with Crippen LogP contribution in [0.2, 0.25) is 0 Å². The minimum atomic E-state index is -4.65. The van der Waals surface area contributed by atoms with Crippen molar-refractivity contribution in [2.24, 2.45) is 46.3 Å². The van der Waals surface area contributed by atoms with Crippen LogP contribution in [0.15, 0.2) is 11.6 Å². The normalized spacial score (nSPS) is 45.7. The maximum Gasteiger partial charge on any atom is 0.421 e. The van der Waals surface area contributed by atoms with Gasteiger partial charge in [0.25, 0.3) is 0 Å². The largest absolute Gasteiger partial charge is 0.421 e. The second-order valence-corrected chi connectivity index (χ2v) is 13.9. The average molecular weight is 485 g/mol. The van der Waals surface area contributed by atoms with E-state index in [9.17, 15) is 23.4 Å². The number of aliphatic hydroxyl groups is 2. The smallest absolute Gasteiger partial charge is 0.390 e. The van der Waals surface area contributed by atoms with Crippen LogP contribution in [0.25, 0.3) is 0 Å². The van der Waals surface area contributed by atoms with E-state index in [0.717, 1.165) is 63.4 Å². The molecule has 2 nitrogen and oxygen atoms in total. The van der Waals surface area contributed by atoms with Gasteiger partial charge in [0.2, 0.25) is 0 Å². The van der Waals surface area contributed by atoms with Crippen LogP contribution < -0.4 is 0 Å². The summed E-state index contributed by atoms with van der Waals surface area (Å²) in [6.07, 6.45) is 5.48. The summed E-state index contributed by atoms with van der Waals surface area (Å²) in [5.41, 5.74) is -2.91.